The largest absolute Gasteiger partial charge is 0.347 e. The van der Waals surface area contributed by atoms with Crippen molar-refractivity contribution >= 4 is 12.0 Å². The topological polar surface area (TPSA) is 65.1 Å². The number of nitrogens with zero attached hydrogens (tertiary/aromatic N) is 2. The number of nitrogens with one attached hydrogen (secondary N) is 3. The highest BCUT2D eigenvalue weighted by Crippen LogP contribution is 2.25. The Hall–Kier alpha value is -2.92. The van der Waals surface area contributed by atoms with E-state index in [1.54, 1.807) is 6.34 Å². The summed E-state index contributed by atoms with van der Waals surface area (Å²) in [7, 11) is 0. The zero-order valence-corrected chi connectivity index (χ0v) is 18.9. The third kappa shape index (κ3) is 7.16. The van der Waals surface area contributed by atoms with Crippen molar-refractivity contribution in [2.45, 2.75) is 53.6 Å². The molecule has 2 aromatic carbocycles. The minimum Gasteiger partial charge on any atom is -0.347 e. The van der Waals surface area contributed by atoms with E-state index in [0.29, 0.717) is 0 Å². The van der Waals surface area contributed by atoms with E-state index < -0.39 is 0 Å². The second kappa shape index (κ2) is 12.6. The van der Waals surface area contributed by atoms with Crippen LogP contribution in [0, 0.1) is 0 Å². The van der Waals surface area contributed by atoms with Gasteiger partial charge in [-0.2, -0.15) is 5.10 Å². The third-order valence-corrected chi connectivity index (χ3v) is 4.36. The molecule has 3 aromatic rings. The maximum atomic E-state index is 4.50. The molecule has 0 saturated carbocycles. The first-order chi connectivity index (χ1) is 14.7. The smallest absolute Gasteiger partial charge is 0.0927 e. The number of aliphatic imine (C=N–C) groups is 1. The van der Waals surface area contributed by atoms with E-state index in [4.69, 9.17) is 0 Å². The molecule has 0 bridgehead atoms. The number of hydrogen-bond donors (Lipinski definition) is 3. The van der Waals surface area contributed by atoms with Crippen molar-refractivity contribution in [2.24, 2.45) is 4.99 Å². The van der Waals surface area contributed by atoms with Gasteiger partial charge in [-0.05, 0) is 56.1 Å². The highest BCUT2D eigenvalue weighted by atomic mass is 15.1. The van der Waals surface area contributed by atoms with Crippen LogP contribution in [0.4, 0.5) is 5.69 Å². The second-order valence-electron chi connectivity index (χ2n) is 7.14. The molecule has 5 nitrogen and oxygen atoms in total. The summed E-state index contributed by atoms with van der Waals surface area (Å²) in [5.41, 5.74) is 6.42. The highest BCUT2D eigenvalue weighted by Gasteiger charge is 2.07. The summed E-state index contributed by atoms with van der Waals surface area (Å²) in [5.74, 6) is 0. The van der Waals surface area contributed by atoms with Gasteiger partial charge in [0.25, 0.3) is 0 Å². The van der Waals surface area contributed by atoms with Crippen LogP contribution in [-0.4, -0.2) is 29.1 Å². The van der Waals surface area contributed by atoms with Gasteiger partial charge in [0.1, 0.15) is 0 Å². The van der Waals surface area contributed by atoms with Gasteiger partial charge in [0.2, 0.25) is 0 Å². The summed E-state index contributed by atoms with van der Waals surface area (Å²) in [4.78, 5) is 4.33. The maximum absolute atomic E-state index is 4.50. The molecular weight excluding hydrogens is 370 g/mol. The molecule has 3 rings (SSSR count). The average Bonchev–Trinajstić information content (AvgIpc) is 3.26. The number of anilines is 1. The van der Waals surface area contributed by atoms with Gasteiger partial charge in [-0.15, -0.1) is 0 Å². The molecule has 1 aromatic heterocycles. The first-order valence-electron chi connectivity index (χ1n) is 10.9. The SMILES string of the molecule is CC.CCCNCc1ccc(-c2cc(-c3cccc(NC=NC(C)C)c3)n[nH]2)cc1. The van der Waals surface area contributed by atoms with Crippen LogP contribution in [0.1, 0.15) is 46.6 Å². The van der Waals surface area contributed by atoms with Crippen molar-refractivity contribution in [3.8, 4) is 22.5 Å². The van der Waals surface area contributed by atoms with Gasteiger partial charge in [-0.25, -0.2) is 0 Å². The van der Waals surface area contributed by atoms with Crippen LogP contribution in [0.3, 0.4) is 0 Å². The minimum atomic E-state index is 0.276. The van der Waals surface area contributed by atoms with Crippen LogP contribution in [0.2, 0.25) is 0 Å². The highest BCUT2D eigenvalue weighted by molar-refractivity contribution is 5.78. The van der Waals surface area contributed by atoms with Crippen LogP contribution >= 0.6 is 0 Å². The molecule has 1 heterocycles. The lowest BCUT2D eigenvalue weighted by Gasteiger charge is -2.04. The summed E-state index contributed by atoms with van der Waals surface area (Å²) < 4.78 is 0. The van der Waals surface area contributed by atoms with E-state index in [0.717, 1.165) is 47.7 Å². The summed E-state index contributed by atoms with van der Waals surface area (Å²) in [6.45, 7) is 12.2. The molecule has 30 heavy (non-hydrogen) atoms. The lowest BCUT2D eigenvalue weighted by atomic mass is 10.1. The lowest BCUT2D eigenvalue weighted by molar-refractivity contribution is 0.675. The Morgan fingerprint density at radius 3 is 2.50 bits per heavy atom. The van der Waals surface area contributed by atoms with Gasteiger partial charge < -0.3 is 10.6 Å². The van der Waals surface area contributed by atoms with Gasteiger partial charge in [0, 0.05) is 23.8 Å². The van der Waals surface area contributed by atoms with E-state index in [1.165, 1.54) is 5.56 Å². The fourth-order valence-corrected chi connectivity index (χ4v) is 2.86. The van der Waals surface area contributed by atoms with E-state index in [9.17, 15) is 0 Å². The molecule has 0 spiro atoms. The molecule has 0 saturated heterocycles. The molecule has 0 aliphatic rings. The number of benzene rings is 2. The van der Waals surface area contributed by atoms with Crippen molar-refractivity contribution in [3.63, 3.8) is 0 Å². The van der Waals surface area contributed by atoms with Gasteiger partial charge in [0.05, 0.1) is 17.7 Å². The maximum Gasteiger partial charge on any atom is 0.0927 e. The van der Waals surface area contributed by atoms with Gasteiger partial charge in [-0.3, -0.25) is 10.1 Å². The van der Waals surface area contributed by atoms with E-state index in [2.05, 4.69) is 75.2 Å². The molecule has 160 valence electrons. The van der Waals surface area contributed by atoms with Crippen molar-refractivity contribution < 1.29 is 0 Å². The summed E-state index contributed by atoms with van der Waals surface area (Å²) in [6, 6.07) is 19.2. The Labute approximate surface area is 181 Å². The quantitative estimate of drug-likeness (QED) is 0.228. The van der Waals surface area contributed by atoms with Crippen LogP contribution in [0.5, 0.6) is 0 Å². The van der Waals surface area contributed by atoms with E-state index in [1.807, 2.05) is 39.8 Å². The molecule has 0 radical (unpaired) electrons. The van der Waals surface area contributed by atoms with Crippen LogP contribution in [0.25, 0.3) is 22.5 Å². The van der Waals surface area contributed by atoms with E-state index in [-0.39, 0.29) is 6.04 Å². The molecule has 0 fully saturated rings. The zero-order valence-electron chi connectivity index (χ0n) is 18.9. The molecule has 5 heteroatoms. The summed E-state index contributed by atoms with van der Waals surface area (Å²) >= 11 is 0. The van der Waals surface area contributed by atoms with E-state index >= 15 is 0 Å². The molecule has 0 unspecified atom stereocenters. The number of aromatic nitrogens is 2. The fraction of sp³-hybridized carbons (Fsp3) is 0.360. The van der Waals surface area contributed by atoms with Crippen LogP contribution in [-0.2, 0) is 6.54 Å². The minimum absolute atomic E-state index is 0.276. The Balaban J connectivity index is 0.00000155. The van der Waals surface area contributed by atoms with Crippen molar-refractivity contribution in [1.82, 2.24) is 15.5 Å². The summed E-state index contributed by atoms with van der Waals surface area (Å²) in [5, 5.41) is 14.3. The predicted octanol–water partition coefficient (Wildman–Crippen LogP) is 6.12. The standard InChI is InChI=1S/C23H29N5.C2H6/c1-4-12-24-15-18-8-10-19(11-9-18)22-14-23(28-27-22)20-6-5-7-21(13-20)26-16-25-17(2)3;1-2/h5-11,13-14,16-17,24H,4,12,15H2,1-3H3,(H,25,26)(H,27,28);1-2H3. The van der Waals surface area contributed by atoms with Crippen molar-refractivity contribution in [1.29, 1.82) is 0 Å². The molecule has 0 atom stereocenters. The zero-order chi connectivity index (χ0) is 21.8. The normalized spacial score (nSPS) is 10.9. The monoisotopic (exact) mass is 405 g/mol. The Morgan fingerprint density at radius 2 is 1.80 bits per heavy atom. The number of rotatable bonds is 9. The second-order valence-corrected chi connectivity index (χ2v) is 7.14. The molecule has 0 aliphatic heterocycles. The van der Waals surface area contributed by atoms with Crippen LogP contribution < -0.4 is 10.6 Å². The number of hydrogen-bond acceptors (Lipinski definition) is 3. The van der Waals surface area contributed by atoms with Gasteiger partial charge >= 0.3 is 0 Å². The predicted molar refractivity (Wildman–Crippen MR) is 130 cm³/mol. The third-order valence-electron chi connectivity index (χ3n) is 4.36. The Morgan fingerprint density at radius 1 is 1.03 bits per heavy atom. The van der Waals surface area contributed by atoms with Gasteiger partial charge in [0.15, 0.2) is 0 Å². The first kappa shape index (κ1) is 23.4. The fourth-order valence-electron chi connectivity index (χ4n) is 2.86. The summed E-state index contributed by atoms with van der Waals surface area (Å²) in [6.07, 6.45) is 2.90. The molecule has 0 amide bonds. The van der Waals surface area contributed by atoms with Gasteiger partial charge in [-0.1, -0.05) is 57.2 Å². The Kier molecular flexibility index (Phi) is 9.81. The van der Waals surface area contributed by atoms with Crippen molar-refractivity contribution in [2.75, 3.05) is 11.9 Å². The Bertz CT molecular complexity index is 894. The lowest BCUT2D eigenvalue weighted by Crippen LogP contribution is -2.13. The number of H-pyrrole nitrogens is 1. The van der Waals surface area contributed by atoms with Crippen LogP contribution in [0.15, 0.2) is 59.6 Å². The molecule has 3 N–H and O–H groups in total. The number of aromatic amines is 1. The molecular formula is C25H35N5. The average molecular weight is 406 g/mol. The first-order valence-corrected chi connectivity index (χ1v) is 10.9. The van der Waals surface area contributed by atoms with Crippen molar-refractivity contribution in [3.05, 3.63) is 60.2 Å². The molecule has 0 aliphatic carbocycles.